The van der Waals surface area contributed by atoms with Crippen LogP contribution in [0.15, 0.2) is 36.4 Å². The van der Waals surface area contributed by atoms with E-state index < -0.39 is 6.04 Å². The summed E-state index contributed by atoms with van der Waals surface area (Å²) in [6.45, 7) is 3.94. The van der Waals surface area contributed by atoms with Crippen molar-refractivity contribution >= 4 is 5.91 Å². The molecule has 2 aromatic carbocycles. The van der Waals surface area contributed by atoms with E-state index in [4.69, 9.17) is 0 Å². The number of nitrogens with one attached hydrogen (secondary N) is 2. The molecule has 148 valence electrons. The van der Waals surface area contributed by atoms with Crippen LogP contribution in [0.2, 0.25) is 0 Å². The summed E-state index contributed by atoms with van der Waals surface area (Å²) in [5.41, 5.74) is 9.76. The second-order valence-electron chi connectivity index (χ2n) is 7.63. The molecule has 7 heteroatoms. The number of benzene rings is 2. The molecule has 0 aliphatic carbocycles. The van der Waals surface area contributed by atoms with E-state index in [0.29, 0.717) is 0 Å². The predicted octanol–water partition coefficient (Wildman–Crippen LogP) is 1.42. The largest absolute Gasteiger partial charge is 0.508 e. The van der Waals surface area contributed by atoms with Gasteiger partial charge in [-0.25, -0.2) is 10.9 Å². The van der Waals surface area contributed by atoms with Crippen molar-refractivity contribution in [3.05, 3.63) is 58.7 Å². The molecule has 0 saturated carbocycles. The maximum Gasteiger partial charge on any atom is 0.242 e. The molecule has 2 fully saturated rings. The molecule has 4 rings (SSSR count). The van der Waals surface area contributed by atoms with Crippen molar-refractivity contribution in [3.8, 4) is 11.5 Å². The minimum atomic E-state index is -0.482. The number of phenolic OH excluding ortho intramolecular Hbond substituents is 2. The zero-order valence-corrected chi connectivity index (χ0v) is 15.9. The number of carbonyl (C=O) groups excluding carboxylic acids is 1. The Kier molecular flexibility index (Phi) is 4.74. The Morgan fingerprint density at radius 1 is 1.07 bits per heavy atom. The molecule has 5 N–H and O–H groups in total. The number of aliphatic hydroxyl groups is 1. The number of hydrogen-bond donors (Lipinski definition) is 5. The SMILES string of the molecule is Cc1cc(C)c(C2NNC3C(=O)N(CCO)C(c4cccc(O)c4)C32)c(O)c1. The lowest BCUT2D eigenvalue weighted by atomic mass is 9.81. The maximum atomic E-state index is 13.0. The lowest BCUT2D eigenvalue weighted by Crippen LogP contribution is -2.42. The summed E-state index contributed by atoms with van der Waals surface area (Å²) < 4.78 is 0. The molecule has 1 amide bonds. The van der Waals surface area contributed by atoms with Crippen molar-refractivity contribution in [1.82, 2.24) is 15.8 Å². The fourth-order valence-corrected chi connectivity index (χ4v) is 4.77. The number of carbonyl (C=O) groups is 1. The molecule has 7 nitrogen and oxygen atoms in total. The van der Waals surface area contributed by atoms with Crippen molar-refractivity contribution in [2.75, 3.05) is 13.2 Å². The van der Waals surface area contributed by atoms with Gasteiger partial charge in [0, 0.05) is 18.0 Å². The predicted molar refractivity (Wildman–Crippen MR) is 104 cm³/mol. The van der Waals surface area contributed by atoms with Crippen LogP contribution in [0, 0.1) is 19.8 Å². The fraction of sp³-hybridized carbons (Fsp3) is 0.381. The first kappa shape index (κ1) is 18.7. The first-order chi connectivity index (χ1) is 13.4. The monoisotopic (exact) mass is 383 g/mol. The topological polar surface area (TPSA) is 105 Å². The average molecular weight is 383 g/mol. The second kappa shape index (κ2) is 7.09. The zero-order chi connectivity index (χ0) is 20.0. The quantitative estimate of drug-likeness (QED) is 0.547. The minimum absolute atomic E-state index is 0.105. The lowest BCUT2D eigenvalue weighted by Gasteiger charge is -2.31. The smallest absolute Gasteiger partial charge is 0.242 e. The van der Waals surface area contributed by atoms with Gasteiger partial charge in [0.25, 0.3) is 0 Å². The highest BCUT2D eigenvalue weighted by atomic mass is 16.3. The van der Waals surface area contributed by atoms with Crippen LogP contribution in [0.4, 0.5) is 0 Å². The van der Waals surface area contributed by atoms with E-state index in [9.17, 15) is 20.1 Å². The third-order valence-corrected chi connectivity index (χ3v) is 5.79. The van der Waals surface area contributed by atoms with E-state index in [2.05, 4.69) is 10.9 Å². The molecule has 2 saturated heterocycles. The molecule has 2 heterocycles. The first-order valence-electron chi connectivity index (χ1n) is 9.44. The number of fused-ring (bicyclic) bond motifs is 1. The number of β-amino-alcohol motifs (C(OH)–C–C–N with tert-alkyl or cyclic N) is 1. The van der Waals surface area contributed by atoms with Gasteiger partial charge >= 0.3 is 0 Å². The van der Waals surface area contributed by atoms with E-state index in [0.717, 1.165) is 22.3 Å². The number of amides is 1. The summed E-state index contributed by atoms with van der Waals surface area (Å²) in [5, 5.41) is 30.1. The zero-order valence-electron chi connectivity index (χ0n) is 15.9. The van der Waals surface area contributed by atoms with Gasteiger partial charge in [0.2, 0.25) is 5.91 Å². The van der Waals surface area contributed by atoms with Crippen molar-refractivity contribution in [1.29, 1.82) is 0 Å². The number of hydrazine groups is 1. The van der Waals surface area contributed by atoms with Gasteiger partial charge in [-0.05, 0) is 48.7 Å². The van der Waals surface area contributed by atoms with Crippen LogP contribution in [-0.4, -0.2) is 45.3 Å². The summed E-state index contributed by atoms with van der Waals surface area (Å²) in [7, 11) is 0. The van der Waals surface area contributed by atoms with E-state index in [1.165, 1.54) is 0 Å². The van der Waals surface area contributed by atoms with Crippen LogP contribution in [0.25, 0.3) is 0 Å². The summed E-state index contributed by atoms with van der Waals surface area (Å²) in [6, 6.07) is 9.48. The average Bonchev–Trinajstić information content (AvgIpc) is 3.15. The normalized spacial score (nSPS) is 26.7. The van der Waals surface area contributed by atoms with Crippen LogP contribution in [0.3, 0.4) is 0 Å². The summed E-state index contributed by atoms with van der Waals surface area (Å²) >= 11 is 0. The molecule has 2 aliphatic heterocycles. The Balaban J connectivity index is 1.82. The summed E-state index contributed by atoms with van der Waals surface area (Å²) in [5.74, 6) is 0.00199. The molecule has 0 bridgehead atoms. The Bertz CT molecular complexity index is 893. The Morgan fingerprint density at radius 2 is 1.82 bits per heavy atom. The van der Waals surface area contributed by atoms with Gasteiger partial charge in [-0.3, -0.25) is 4.79 Å². The third-order valence-electron chi connectivity index (χ3n) is 5.79. The number of hydrogen-bond acceptors (Lipinski definition) is 6. The number of phenols is 2. The number of aryl methyl sites for hydroxylation is 2. The summed E-state index contributed by atoms with van der Waals surface area (Å²) in [4.78, 5) is 14.7. The molecule has 0 radical (unpaired) electrons. The summed E-state index contributed by atoms with van der Waals surface area (Å²) in [6.07, 6.45) is 0. The Labute approximate surface area is 163 Å². The van der Waals surface area contributed by atoms with Crippen molar-refractivity contribution < 1.29 is 20.1 Å². The van der Waals surface area contributed by atoms with Gasteiger partial charge < -0.3 is 20.2 Å². The van der Waals surface area contributed by atoms with Crippen molar-refractivity contribution in [2.45, 2.75) is 32.0 Å². The highest BCUT2D eigenvalue weighted by Crippen LogP contribution is 2.49. The number of rotatable bonds is 4. The van der Waals surface area contributed by atoms with Gasteiger partial charge in [0.15, 0.2) is 0 Å². The first-order valence-corrected chi connectivity index (χ1v) is 9.44. The van der Waals surface area contributed by atoms with Crippen molar-refractivity contribution in [3.63, 3.8) is 0 Å². The molecule has 28 heavy (non-hydrogen) atoms. The van der Waals surface area contributed by atoms with E-state index in [1.807, 2.05) is 26.0 Å². The third kappa shape index (κ3) is 2.92. The van der Waals surface area contributed by atoms with Gasteiger partial charge in [-0.2, -0.15) is 0 Å². The maximum absolute atomic E-state index is 13.0. The molecular weight excluding hydrogens is 358 g/mol. The highest BCUT2D eigenvalue weighted by molar-refractivity contribution is 5.86. The second-order valence-corrected chi connectivity index (χ2v) is 7.63. The van der Waals surface area contributed by atoms with Crippen molar-refractivity contribution in [2.24, 2.45) is 5.92 Å². The van der Waals surface area contributed by atoms with Gasteiger partial charge in [-0.1, -0.05) is 18.2 Å². The van der Waals surface area contributed by atoms with Crippen LogP contribution < -0.4 is 10.9 Å². The molecule has 0 spiro atoms. The lowest BCUT2D eigenvalue weighted by molar-refractivity contribution is -0.131. The number of aromatic hydroxyl groups is 2. The molecule has 2 aliphatic rings. The van der Waals surface area contributed by atoms with Gasteiger partial charge in [0.1, 0.15) is 17.5 Å². The van der Waals surface area contributed by atoms with Crippen LogP contribution in [-0.2, 0) is 4.79 Å². The van der Waals surface area contributed by atoms with Crippen LogP contribution in [0.1, 0.15) is 34.3 Å². The molecule has 4 atom stereocenters. The minimum Gasteiger partial charge on any atom is -0.508 e. The van der Waals surface area contributed by atoms with E-state index in [-0.39, 0.29) is 48.6 Å². The molecule has 4 unspecified atom stereocenters. The molecular formula is C21H25N3O4. The van der Waals surface area contributed by atoms with E-state index >= 15 is 0 Å². The van der Waals surface area contributed by atoms with Gasteiger partial charge in [0.05, 0.1) is 18.7 Å². The number of likely N-dealkylation sites (tertiary alicyclic amines) is 1. The Morgan fingerprint density at radius 3 is 2.50 bits per heavy atom. The Hall–Kier alpha value is -2.61. The van der Waals surface area contributed by atoms with Crippen LogP contribution >= 0.6 is 0 Å². The van der Waals surface area contributed by atoms with Crippen LogP contribution in [0.5, 0.6) is 11.5 Å². The number of nitrogens with zero attached hydrogens (tertiary/aromatic N) is 1. The number of aliphatic hydroxyl groups excluding tert-OH is 1. The fourth-order valence-electron chi connectivity index (χ4n) is 4.77. The molecule has 0 aromatic heterocycles. The standard InChI is InChI=1S/C21H25N3O4/c1-11-8-12(2)16(15(27)9-11)18-17-19(23-22-18)21(28)24(6-7-25)20(17)13-4-3-5-14(26)10-13/h3-5,8-10,17-20,22-23,25-27H,6-7H2,1-2H3. The van der Waals surface area contributed by atoms with E-state index in [1.54, 1.807) is 29.2 Å². The molecule has 2 aromatic rings. The highest BCUT2D eigenvalue weighted by Gasteiger charge is 2.55. The van der Waals surface area contributed by atoms with Gasteiger partial charge in [-0.15, -0.1) is 0 Å².